The summed E-state index contributed by atoms with van der Waals surface area (Å²) in [5, 5.41) is 8.29. The van der Waals surface area contributed by atoms with E-state index in [1.165, 1.54) is 0 Å². The van der Waals surface area contributed by atoms with Crippen molar-refractivity contribution in [1.82, 2.24) is 16.0 Å². The highest BCUT2D eigenvalue weighted by Gasteiger charge is 2.24. The molecule has 0 unspecified atom stereocenters. The van der Waals surface area contributed by atoms with Crippen molar-refractivity contribution in [2.24, 2.45) is 5.73 Å². The standard InChI is InChI=1S/C29H32N4O3/c1-20-15-21(2)17-24(16-20)27(34)32-26(19-23-11-7-4-8-12-23)29(36)33-25(28(35)31-14-13-30)18-22-9-5-3-6-10-22/h3-12,15-17,19,25H,13-14,18,30H2,1-2H3,(H,31,35)(H,32,34)(H,33,36)/b26-19+/t25-/m0/s1. The summed E-state index contributed by atoms with van der Waals surface area (Å²) in [4.78, 5) is 39.4. The zero-order valence-electron chi connectivity index (χ0n) is 20.6. The molecular formula is C29H32N4O3. The van der Waals surface area contributed by atoms with Crippen LogP contribution in [0.4, 0.5) is 0 Å². The Hall–Kier alpha value is -4.23. The Morgan fingerprint density at radius 1 is 0.889 bits per heavy atom. The zero-order valence-corrected chi connectivity index (χ0v) is 20.6. The fourth-order valence-electron chi connectivity index (χ4n) is 3.79. The minimum atomic E-state index is -0.858. The Bertz CT molecular complexity index is 1200. The van der Waals surface area contributed by atoms with Crippen LogP contribution < -0.4 is 21.7 Å². The Labute approximate surface area is 211 Å². The van der Waals surface area contributed by atoms with Gasteiger partial charge in [-0.2, -0.15) is 0 Å². The maximum atomic E-state index is 13.4. The second-order valence-electron chi connectivity index (χ2n) is 8.59. The highest BCUT2D eigenvalue weighted by atomic mass is 16.2. The van der Waals surface area contributed by atoms with Crippen molar-refractivity contribution in [3.63, 3.8) is 0 Å². The Balaban J connectivity index is 1.88. The third-order valence-corrected chi connectivity index (χ3v) is 5.44. The van der Waals surface area contributed by atoms with Gasteiger partial charge < -0.3 is 21.7 Å². The fourth-order valence-corrected chi connectivity index (χ4v) is 3.79. The monoisotopic (exact) mass is 484 g/mol. The molecule has 3 rings (SSSR count). The van der Waals surface area contributed by atoms with Gasteiger partial charge in [-0.3, -0.25) is 14.4 Å². The molecule has 0 spiro atoms. The predicted molar refractivity (Wildman–Crippen MR) is 142 cm³/mol. The van der Waals surface area contributed by atoms with Crippen molar-refractivity contribution < 1.29 is 14.4 Å². The van der Waals surface area contributed by atoms with E-state index in [4.69, 9.17) is 5.73 Å². The lowest BCUT2D eigenvalue weighted by Gasteiger charge is -2.20. The first kappa shape index (κ1) is 26.4. The van der Waals surface area contributed by atoms with Gasteiger partial charge in [0, 0.05) is 25.1 Å². The summed E-state index contributed by atoms with van der Waals surface area (Å²) in [7, 11) is 0. The second kappa shape index (κ2) is 13.0. The molecular weight excluding hydrogens is 452 g/mol. The van der Waals surface area contributed by atoms with Gasteiger partial charge in [-0.25, -0.2) is 0 Å². The summed E-state index contributed by atoms with van der Waals surface area (Å²) in [6.07, 6.45) is 1.87. The first-order chi connectivity index (χ1) is 17.4. The van der Waals surface area contributed by atoms with E-state index in [0.29, 0.717) is 5.56 Å². The van der Waals surface area contributed by atoms with E-state index in [1.807, 2.05) is 80.6 Å². The van der Waals surface area contributed by atoms with Crippen molar-refractivity contribution in [1.29, 1.82) is 0 Å². The lowest BCUT2D eigenvalue weighted by atomic mass is 10.0. The molecule has 0 aliphatic rings. The number of carbonyl (C=O) groups is 3. The van der Waals surface area contributed by atoms with Crippen LogP contribution in [0.5, 0.6) is 0 Å². The van der Waals surface area contributed by atoms with Gasteiger partial charge >= 0.3 is 0 Å². The number of hydrogen-bond acceptors (Lipinski definition) is 4. The van der Waals surface area contributed by atoms with Crippen LogP contribution >= 0.6 is 0 Å². The van der Waals surface area contributed by atoms with Crippen LogP contribution in [0.2, 0.25) is 0 Å². The van der Waals surface area contributed by atoms with Gasteiger partial charge in [0.2, 0.25) is 5.91 Å². The number of nitrogens with one attached hydrogen (secondary N) is 3. The molecule has 1 atom stereocenters. The SMILES string of the molecule is Cc1cc(C)cc(C(=O)N/C(=C/c2ccccc2)C(=O)N[C@@H](Cc2ccccc2)C(=O)NCCN)c1. The van der Waals surface area contributed by atoms with Gasteiger partial charge in [0.25, 0.3) is 11.8 Å². The summed E-state index contributed by atoms with van der Waals surface area (Å²) in [6, 6.07) is 23.2. The molecule has 7 nitrogen and oxygen atoms in total. The molecule has 0 saturated heterocycles. The molecule has 0 radical (unpaired) electrons. The normalized spacial score (nSPS) is 11.9. The molecule has 36 heavy (non-hydrogen) atoms. The van der Waals surface area contributed by atoms with Crippen LogP contribution in [-0.2, 0) is 16.0 Å². The molecule has 5 N–H and O–H groups in total. The topological polar surface area (TPSA) is 113 Å². The number of carbonyl (C=O) groups excluding carboxylic acids is 3. The maximum absolute atomic E-state index is 13.4. The average Bonchev–Trinajstić information content (AvgIpc) is 2.87. The summed E-state index contributed by atoms with van der Waals surface area (Å²) in [5.74, 6) is -1.33. The molecule has 3 aromatic rings. The summed E-state index contributed by atoms with van der Waals surface area (Å²) < 4.78 is 0. The summed E-state index contributed by atoms with van der Waals surface area (Å²) >= 11 is 0. The van der Waals surface area contributed by atoms with E-state index in [2.05, 4.69) is 16.0 Å². The van der Waals surface area contributed by atoms with Crippen LogP contribution in [0, 0.1) is 13.8 Å². The van der Waals surface area contributed by atoms with Gasteiger partial charge in [0.15, 0.2) is 0 Å². The second-order valence-corrected chi connectivity index (χ2v) is 8.59. The fraction of sp³-hybridized carbons (Fsp3) is 0.207. The molecule has 0 aliphatic carbocycles. The van der Waals surface area contributed by atoms with E-state index in [9.17, 15) is 14.4 Å². The molecule has 3 aromatic carbocycles. The Morgan fingerprint density at radius 3 is 2.11 bits per heavy atom. The zero-order chi connectivity index (χ0) is 25.9. The molecule has 186 valence electrons. The Kier molecular flexibility index (Phi) is 9.54. The number of nitrogens with two attached hydrogens (primary N) is 1. The van der Waals surface area contributed by atoms with Gasteiger partial charge in [-0.1, -0.05) is 77.9 Å². The minimum absolute atomic E-state index is 0.0371. The van der Waals surface area contributed by atoms with Crippen LogP contribution in [-0.4, -0.2) is 36.9 Å². The lowest BCUT2D eigenvalue weighted by Crippen LogP contribution is -2.50. The number of aryl methyl sites for hydroxylation is 2. The average molecular weight is 485 g/mol. The van der Waals surface area contributed by atoms with E-state index in [-0.39, 0.29) is 31.1 Å². The van der Waals surface area contributed by atoms with Crippen molar-refractivity contribution in [3.05, 3.63) is 112 Å². The molecule has 0 saturated carbocycles. The van der Waals surface area contributed by atoms with Gasteiger partial charge in [0.05, 0.1) is 0 Å². The first-order valence-corrected chi connectivity index (χ1v) is 11.8. The maximum Gasteiger partial charge on any atom is 0.268 e. The van der Waals surface area contributed by atoms with E-state index in [0.717, 1.165) is 22.3 Å². The quantitative estimate of drug-likeness (QED) is 0.332. The molecule has 0 aromatic heterocycles. The van der Waals surface area contributed by atoms with Gasteiger partial charge in [-0.05, 0) is 43.2 Å². The third-order valence-electron chi connectivity index (χ3n) is 5.44. The van der Waals surface area contributed by atoms with E-state index < -0.39 is 17.9 Å². The molecule has 3 amide bonds. The van der Waals surface area contributed by atoms with Crippen LogP contribution in [0.15, 0.2) is 84.6 Å². The van der Waals surface area contributed by atoms with Gasteiger partial charge in [0.1, 0.15) is 11.7 Å². The minimum Gasteiger partial charge on any atom is -0.353 e. The lowest BCUT2D eigenvalue weighted by molar-refractivity contribution is -0.127. The summed E-state index contributed by atoms with van der Waals surface area (Å²) in [5.41, 5.74) is 9.52. The number of amides is 3. The third kappa shape index (κ3) is 7.92. The highest BCUT2D eigenvalue weighted by Crippen LogP contribution is 2.12. The predicted octanol–water partition coefficient (Wildman–Crippen LogP) is 2.88. The largest absolute Gasteiger partial charge is 0.353 e. The van der Waals surface area contributed by atoms with Crippen molar-refractivity contribution in [2.45, 2.75) is 26.3 Å². The number of benzene rings is 3. The van der Waals surface area contributed by atoms with Crippen LogP contribution in [0.3, 0.4) is 0 Å². The molecule has 0 bridgehead atoms. The molecule has 0 aliphatic heterocycles. The van der Waals surface area contributed by atoms with Crippen LogP contribution in [0.25, 0.3) is 6.08 Å². The van der Waals surface area contributed by atoms with Crippen LogP contribution in [0.1, 0.15) is 32.6 Å². The van der Waals surface area contributed by atoms with E-state index in [1.54, 1.807) is 18.2 Å². The molecule has 7 heteroatoms. The summed E-state index contributed by atoms with van der Waals surface area (Å²) in [6.45, 7) is 4.38. The molecule has 0 heterocycles. The van der Waals surface area contributed by atoms with Gasteiger partial charge in [-0.15, -0.1) is 0 Å². The van der Waals surface area contributed by atoms with Crippen molar-refractivity contribution in [2.75, 3.05) is 13.1 Å². The molecule has 0 fully saturated rings. The smallest absolute Gasteiger partial charge is 0.268 e. The highest BCUT2D eigenvalue weighted by molar-refractivity contribution is 6.06. The van der Waals surface area contributed by atoms with Crippen molar-refractivity contribution >= 4 is 23.8 Å². The Morgan fingerprint density at radius 2 is 1.50 bits per heavy atom. The number of rotatable bonds is 10. The first-order valence-electron chi connectivity index (χ1n) is 11.8. The number of hydrogen-bond donors (Lipinski definition) is 4. The van der Waals surface area contributed by atoms with Crippen molar-refractivity contribution in [3.8, 4) is 0 Å². The van der Waals surface area contributed by atoms with E-state index >= 15 is 0 Å².